The molecule has 0 aliphatic rings. The minimum atomic E-state index is -0.00562. The van der Waals surface area contributed by atoms with Crippen LogP contribution in [0.2, 0.25) is 0 Å². The van der Waals surface area contributed by atoms with E-state index in [1.165, 1.54) is 0 Å². The van der Waals surface area contributed by atoms with Crippen LogP contribution in [0, 0.1) is 0 Å². The van der Waals surface area contributed by atoms with Gasteiger partial charge in [-0.15, -0.1) is 0 Å². The lowest BCUT2D eigenvalue weighted by molar-refractivity contribution is -0.115. The summed E-state index contributed by atoms with van der Waals surface area (Å²) in [6.07, 6.45) is 0.379. The highest BCUT2D eigenvalue weighted by molar-refractivity contribution is 9.10. The Bertz CT molecular complexity index is 581. The van der Waals surface area contributed by atoms with Crippen molar-refractivity contribution >= 4 is 27.5 Å². The summed E-state index contributed by atoms with van der Waals surface area (Å²) >= 11 is 3.38. The molecular weight excluding hydrogens is 316 g/mol. The molecule has 0 fully saturated rings. The number of hydrogen-bond acceptors (Lipinski definition) is 2. The predicted octanol–water partition coefficient (Wildman–Crippen LogP) is 3.35. The maximum atomic E-state index is 12.0. The third kappa shape index (κ3) is 4.47. The minimum Gasteiger partial charge on any atom is -0.326 e. The largest absolute Gasteiger partial charge is 0.326 e. The van der Waals surface area contributed by atoms with Crippen LogP contribution in [0.4, 0.5) is 5.69 Å². The van der Waals surface area contributed by atoms with E-state index in [1.54, 1.807) is 0 Å². The van der Waals surface area contributed by atoms with E-state index in [0.717, 1.165) is 27.8 Å². The molecule has 0 saturated heterocycles. The van der Waals surface area contributed by atoms with E-state index in [0.29, 0.717) is 6.42 Å². The molecule has 3 nitrogen and oxygen atoms in total. The van der Waals surface area contributed by atoms with Gasteiger partial charge in [-0.25, -0.2) is 0 Å². The summed E-state index contributed by atoms with van der Waals surface area (Å²) in [5.74, 6) is -0.00562. The molecule has 0 radical (unpaired) electrons. The van der Waals surface area contributed by atoms with Gasteiger partial charge in [0.15, 0.2) is 0 Å². The summed E-state index contributed by atoms with van der Waals surface area (Å²) in [6, 6.07) is 15.6. The first-order valence-corrected chi connectivity index (χ1v) is 7.24. The van der Waals surface area contributed by atoms with Crippen LogP contribution in [-0.4, -0.2) is 13.0 Å². The van der Waals surface area contributed by atoms with Crippen LogP contribution in [0.15, 0.2) is 53.0 Å². The van der Waals surface area contributed by atoms with Gasteiger partial charge in [0.25, 0.3) is 0 Å². The lowest BCUT2D eigenvalue weighted by Crippen LogP contribution is -2.14. The maximum absolute atomic E-state index is 12.0. The van der Waals surface area contributed by atoms with Gasteiger partial charge < -0.3 is 10.6 Å². The number of amides is 1. The summed E-state index contributed by atoms with van der Waals surface area (Å²) in [5.41, 5.74) is 2.98. The fraction of sp³-hybridized carbons (Fsp3) is 0.188. The van der Waals surface area contributed by atoms with Crippen LogP contribution in [0.5, 0.6) is 0 Å². The van der Waals surface area contributed by atoms with E-state index < -0.39 is 0 Å². The van der Waals surface area contributed by atoms with Crippen molar-refractivity contribution in [3.05, 3.63) is 64.1 Å². The molecule has 20 heavy (non-hydrogen) atoms. The van der Waals surface area contributed by atoms with Crippen LogP contribution >= 0.6 is 15.9 Å². The number of hydrogen-bond donors (Lipinski definition) is 2. The minimum absolute atomic E-state index is 0.00562. The Balaban J connectivity index is 1.97. The first-order chi connectivity index (χ1) is 9.67. The molecule has 0 spiro atoms. The molecule has 0 unspecified atom stereocenters. The van der Waals surface area contributed by atoms with Gasteiger partial charge in [-0.05, 0) is 42.4 Å². The summed E-state index contributed by atoms with van der Waals surface area (Å²) in [7, 11) is 1.90. The normalized spacial score (nSPS) is 10.3. The molecule has 4 heteroatoms. The highest BCUT2D eigenvalue weighted by atomic mass is 79.9. The zero-order valence-electron chi connectivity index (χ0n) is 11.3. The maximum Gasteiger partial charge on any atom is 0.228 e. The monoisotopic (exact) mass is 332 g/mol. The molecule has 0 aromatic heterocycles. The molecule has 2 rings (SSSR count). The topological polar surface area (TPSA) is 41.1 Å². The van der Waals surface area contributed by atoms with Crippen molar-refractivity contribution in [3.8, 4) is 0 Å². The van der Waals surface area contributed by atoms with Crippen molar-refractivity contribution in [3.63, 3.8) is 0 Å². The Morgan fingerprint density at radius 3 is 2.55 bits per heavy atom. The second-order valence-corrected chi connectivity index (χ2v) is 5.50. The van der Waals surface area contributed by atoms with Crippen molar-refractivity contribution in [2.45, 2.75) is 13.0 Å². The third-order valence-electron chi connectivity index (χ3n) is 2.87. The standard InChI is InChI=1S/C16H17BrN2O/c1-18-11-13-3-2-4-15(9-13)19-16(20)10-12-5-7-14(17)8-6-12/h2-9,18H,10-11H2,1H3,(H,19,20). The van der Waals surface area contributed by atoms with Gasteiger partial charge in [-0.2, -0.15) is 0 Å². The SMILES string of the molecule is CNCc1cccc(NC(=O)Cc2ccc(Br)cc2)c1. The van der Waals surface area contributed by atoms with Crippen LogP contribution in [0.25, 0.3) is 0 Å². The Hall–Kier alpha value is -1.65. The fourth-order valence-electron chi connectivity index (χ4n) is 1.96. The second-order valence-electron chi connectivity index (χ2n) is 4.58. The van der Waals surface area contributed by atoms with E-state index in [-0.39, 0.29) is 5.91 Å². The molecule has 104 valence electrons. The van der Waals surface area contributed by atoms with E-state index in [4.69, 9.17) is 0 Å². The van der Waals surface area contributed by atoms with E-state index in [9.17, 15) is 4.79 Å². The van der Waals surface area contributed by atoms with Gasteiger partial charge in [0, 0.05) is 16.7 Å². The number of nitrogens with one attached hydrogen (secondary N) is 2. The van der Waals surface area contributed by atoms with Crippen LogP contribution in [0.3, 0.4) is 0 Å². The number of carbonyl (C=O) groups is 1. The molecule has 1 amide bonds. The molecule has 2 N–H and O–H groups in total. The van der Waals surface area contributed by atoms with Crippen molar-refractivity contribution in [2.75, 3.05) is 12.4 Å². The summed E-state index contributed by atoms with van der Waals surface area (Å²) in [4.78, 5) is 12.0. The fourth-order valence-corrected chi connectivity index (χ4v) is 2.22. The Labute approximate surface area is 127 Å². The zero-order chi connectivity index (χ0) is 14.4. The molecule has 0 atom stereocenters. The molecular formula is C16H17BrN2O. The van der Waals surface area contributed by atoms with Crippen LogP contribution in [0.1, 0.15) is 11.1 Å². The van der Waals surface area contributed by atoms with Crippen molar-refractivity contribution in [1.29, 1.82) is 0 Å². The molecule has 0 aliphatic carbocycles. The number of anilines is 1. The van der Waals surface area contributed by atoms with Gasteiger partial charge in [0.1, 0.15) is 0 Å². The van der Waals surface area contributed by atoms with Gasteiger partial charge in [-0.3, -0.25) is 4.79 Å². The molecule has 2 aromatic carbocycles. The first-order valence-electron chi connectivity index (χ1n) is 6.45. The van der Waals surface area contributed by atoms with E-state index in [1.807, 2.05) is 55.6 Å². The molecule has 2 aromatic rings. The lowest BCUT2D eigenvalue weighted by Gasteiger charge is -2.07. The molecule has 0 aliphatic heterocycles. The van der Waals surface area contributed by atoms with Crippen LogP contribution < -0.4 is 10.6 Å². The van der Waals surface area contributed by atoms with E-state index >= 15 is 0 Å². The predicted molar refractivity (Wildman–Crippen MR) is 85.7 cm³/mol. The van der Waals surface area contributed by atoms with Crippen molar-refractivity contribution < 1.29 is 4.79 Å². The first kappa shape index (κ1) is 14.8. The Kier molecular flexibility index (Phi) is 5.32. The number of benzene rings is 2. The van der Waals surface area contributed by atoms with Gasteiger partial charge >= 0.3 is 0 Å². The Morgan fingerprint density at radius 2 is 1.85 bits per heavy atom. The van der Waals surface area contributed by atoms with Gasteiger partial charge in [0.2, 0.25) is 5.91 Å². The lowest BCUT2D eigenvalue weighted by atomic mass is 10.1. The zero-order valence-corrected chi connectivity index (χ0v) is 12.9. The van der Waals surface area contributed by atoms with Crippen molar-refractivity contribution in [2.24, 2.45) is 0 Å². The van der Waals surface area contributed by atoms with E-state index in [2.05, 4.69) is 26.6 Å². The number of rotatable bonds is 5. The molecule has 0 heterocycles. The molecule has 0 bridgehead atoms. The summed E-state index contributed by atoms with van der Waals surface area (Å²) in [6.45, 7) is 0.788. The summed E-state index contributed by atoms with van der Waals surface area (Å²) < 4.78 is 1.02. The average Bonchev–Trinajstić information content (AvgIpc) is 2.42. The summed E-state index contributed by atoms with van der Waals surface area (Å²) in [5, 5.41) is 6.02. The smallest absolute Gasteiger partial charge is 0.228 e. The number of carbonyl (C=O) groups excluding carboxylic acids is 1. The Morgan fingerprint density at radius 1 is 1.10 bits per heavy atom. The quantitative estimate of drug-likeness (QED) is 0.881. The van der Waals surface area contributed by atoms with Gasteiger partial charge in [-0.1, -0.05) is 40.2 Å². The third-order valence-corrected chi connectivity index (χ3v) is 3.40. The highest BCUT2D eigenvalue weighted by Gasteiger charge is 2.04. The van der Waals surface area contributed by atoms with Crippen molar-refractivity contribution in [1.82, 2.24) is 5.32 Å². The van der Waals surface area contributed by atoms with Crippen LogP contribution in [-0.2, 0) is 17.8 Å². The van der Waals surface area contributed by atoms with Gasteiger partial charge in [0.05, 0.1) is 6.42 Å². The average molecular weight is 333 g/mol. The highest BCUT2D eigenvalue weighted by Crippen LogP contribution is 2.13. The molecule has 0 saturated carbocycles. The second kappa shape index (κ2) is 7.22. The number of halogens is 1.